The lowest BCUT2D eigenvalue weighted by Gasteiger charge is -2.20. The first kappa shape index (κ1) is 11.6. The summed E-state index contributed by atoms with van der Waals surface area (Å²) in [5.41, 5.74) is 1.24. The Labute approximate surface area is 98.7 Å². The molecule has 1 aliphatic heterocycles. The largest absolute Gasteiger partial charge is 0.300 e. The second kappa shape index (κ2) is 4.96. The quantitative estimate of drug-likeness (QED) is 0.775. The van der Waals surface area contributed by atoms with Crippen molar-refractivity contribution >= 4 is 0 Å². The van der Waals surface area contributed by atoms with Crippen LogP contribution in [-0.4, -0.2) is 29.0 Å². The molecule has 0 aliphatic carbocycles. The number of likely N-dealkylation sites (tertiary alicyclic amines) is 1. The van der Waals surface area contributed by atoms with Gasteiger partial charge in [-0.05, 0) is 44.2 Å². The summed E-state index contributed by atoms with van der Waals surface area (Å²) in [6, 6.07) is 6.89. The highest BCUT2D eigenvalue weighted by atomic mass is 15.2. The minimum Gasteiger partial charge on any atom is -0.300 e. The minimum absolute atomic E-state index is 0.677. The van der Waals surface area contributed by atoms with Gasteiger partial charge in [0.2, 0.25) is 0 Å². The molecule has 2 atom stereocenters. The first-order valence-corrected chi connectivity index (χ1v) is 6.30. The molecule has 1 aliphatic rings. The normalized spacial score (nSPS) is 26.5. The maximum atomic E-state index is 4.43. The summed E-state index contributed by atoms with van der Waals surface area (Å²) < 4.78 is 0. The van der Waals surface area contributed by atoms with Crippen LogP contribution in [0.5, 0.6) is 0 Å². The van der Waals surface area contributed by atoms with Crippen molar-refractivity contribution in [1.29, 1.82) is 0 Å². The van der Waals surface area contributed by atoms with E-state index in [-0.39, 0.29) is 0 Å². The second-order valence-corrected chi connectivity index (χ2v) is 5.31. The number of aromatic nitrogens is 1. The molecule has 2 heteroatoms. The third-order valence-electron chi connectivity index (χ3n) is 3.72. The average molecular weight is 218 g/mol. The van der Waals surface area contributed by atoms with Gasteiger partial charge in [-0.15, -0.1) is 0 Å². The van der Waals surface area contributed by atoms with Gasteiger partial charge in [-0.3, -0.25) is 4.98 Å². The van der Waals surface area contributed by atoms with Gasteiger partial charge in [0.05, 0.1) is 0 Å². The van der Waals surface area contributed by atoms with Gasteiger partial charge in [-0.2, -0.15) is 0 Å². The molecule has 2 heterocycles. The van der Waals surface area contributed by atoms with Crippen LogP contribution in [0.3, 0.4) is 0 Å². The van der Waals surface area contributed by atoms with Crippen LogP contribution in [0.4, 0.5) is 0 Å². The molecule has 0 amide bonds. The van der Waals surface area contributed by atoms with E-state index in [9.17, 15) is 0 Å². The molecule has 88 valence electrons. The molecule has 1 fully saturated rings. The van der Waals surface area contributed by atoms with Crippen molar-refractivity contribution in [3.8, 4) is 0 Å². The van der Waals surface area contributed by atoms with Gasteiger partial charge in [-0.25, -0.2) is 0 Å². The van der Waals surface area contributed by atoms with E-state index in [0.29, 0.717) is 6.04 Å². The maximum absolute atomic E-state index is 4.43. The fourth-order valence-corrected chi connectivity index (χ4v) is 2.55. The number of hydrogen-bond acceptors (Lipinski definition) is 2. The molecular formula is C14H22N2. The molecule has 1 aromatic heterocycles. The molecule has 2 unspecified atom stereocenters. The highest BCUT2D eigenvalue weighted by molar-refractivity contribution is 5.05. The van der Waals surface area contributed by atoms with Gasteiger partial charge in [-0.1, -0.05) is 13.0 Å². The molecule has 0 bridgehead atoms. The summed E-state index contributed by atoms with van der Waals surface area (Å²) >= 11 is 0. The van der Waals surface area contributed by atoms with Crippen LogP contribution in [0.2, 0.25) is 0 Å². The molecule has 0 N–H and O–H groups in total. The summed E-state index contributed by atoms with van der Waals surface area (Å²) in [4.78, 5) is 7.01. The van der Waals surface area contributed by atoms with Crippen LogP contribution in [0.15, 0.2) is 24.4 Å². The summed E-state index contributed by atoms with van der Waals surface area (Å²) in [5, 5.41) is 0. The average Bonchev–Trinajstić information content (AvgIpc) is 2.62. The topological polar surface area (TPSA) is 16.1 Å². The first-order valence-electron chi connectivity index (χ1n) is 6.30. The van der Waals surface area contributed by atoms with E-state index >= 15 is 0 Å². The predicted octanol–water partition coefficient (Wildman–Crippen LogP) is 2.60. The summed E-state index contributed by atoms with van der Waals surface area (Å²) in [5.74, 6) is 1.57. The van der Waals surface area contributed by atoms with Gasteiger partial charge < -0.3 is 4.90 Å². The fraction of sp³-hybridized carbons (Fsp3) is 0.643. The van der Waals surface area contributed by atoms with Crippen molar-refractivity contribution in [3.05, 3.63) is 30.1 Å². The molecule has 0 spiro atoms. The van der Waals surface area contributed by atoms with Gasteiger partial charge in [0.1, 0.15) is 0 Å². The van der Waals surface area contributed by atoms with Crippen LogP contribution in [0, 0.1) is 11.8 Å². The van der Waals surface area contributed by atoms with E-state index in [0.717, 1.165) is 18.3 Å². The molecule has 1 aromatic rings. The van der Waals surface area contributed by atoms with Crippen LogP contribution in [-0.2, 0) is 6.42 Å². The van der Waals surface area contributed by atoms with E-state index in [1.165, 1.54) is 18.8 Å². The minimum atomic E-state index is 0.677. The van der Waals surface area contributed by atoms with Crippen LogP contribution < -0.4 is 0 Å². The Balaban J connectivity index is 1.96. The van der Waals surface area contributed by atoms with Crippen molar-refractivity contribution in [3.63, 3.8) is 0 Å². The Hall–Kier alpha value is -0.890. The SMILES string of the molecule is CC1CN(C(C)C)CC1Cc1ccccn1. The van der Waals surface area contributed by atoms with E-state index < -0.39 is 0 Å². The van der Waals surface area contributed by atoms with Crippen molar-refractivity contribution in [1.82, 2.24) is 9.88 Å². The van der Waals surface area contributed by atoms with Gasteiger partial charge >= 0.3 is 0 Å². The zero-order valence-corrected chi connectivity index (χ0v) is 10.6. The van der Waals surface area contributed by atoms with E-state index in [2.05, 4.69) is 42.8 Å². The summed E-state index contributed by atoms with van der Waals surface area (Å²) in [6.45, 7) is 9.42. The first-order chi connectivity index (χ1) is 7.66. The van der Waals surface area contributed by atoms with Crippen LogP contribution >= 0.6 is 0 Å². The summed E-state index contributed by atoms with van der Waals surface area (Å²) in [7, 11) is 0. The zero-order valence-electron chi connectivity index (χ0n) is 10.6. The van der Waals surface area contributed by atoms with E-state index in [4.69, 9.17) is 0 Å². The molecule has 2 nitrogen and oxygen atoms in total. The third-order valence-corrected chi connectivity index (χ3v) is 3.72. The lowest BCUT2D eigenvalue weighted by Crippen LogP contribution is -2.28. The second-order valence-electron chi connectivity index (χ2n) is 5.31. The number of hydrogen-bond donors (Lipinski definition) is 0. The fourth-order valence-electron chi connectivity index (χ4n) is 2.55. The monoisotopic (exact) mass is 218 g/mol. The van der Waals surface area contributed by atoms with Gasteiger partial charge in [0.25, 0.3) is 0 Å². The Bertz CT molecular complexity index is 321. The Morgan fingerprint density at radius 3 is 2.75 bits per heavy atom. The van der Waals surface area contributed by atoms with E-state index in [1.807, 2.05) is 12.3 Å². The molecule has 1 saturated heterocycles. The molecule has 0 aromatic carbocycles. The Morgan fingerprint density at radius 1 is 1.38 bits per heavy atom. The van der Waals surface area contributed by atoms with Crippen molar-refractivity contribution < 1.29 is 0 Å². The van der Waals surface area contributed by atoms with Crippen LogP contribution in [0.1, 0.15) is 26.5 Å². The lowest BCUT2D eigenvalue weighted by atomic mass is 9.93. The Morgan fingerprint density at radius 2 is 2.19 bits per heavy atom. The van der Waals surface area contributed by atoms with Crippen molar-refractivity contribution in [2.75, 3.05) is 13.1 Å². The molecular weight excluding hydrogens is 196 g/mol. The number of rotatable bonds is 3. The predicted molar refractivity (Wildman–Crippen MR) is 67.3 cm³/mol. The van der Waals surface area contributed by atoms with Crippen molar-refractivity contribution in [2.45, 2.75) is 33.2 Å². The standard InChI is InChI=1S/C14H22N2/c1-11(2)16-9-12(3)13(10-16)8-14-6-4-5-7-15-14/h4-7,11-13H,8-10H2,1-3H3. The van der Waals surface area contributed by atoms with E-state index in [1.54, 1.807) is 0 Å². The molecule has 0 radical (unpaired) electrons. The molecule has 16 heavy (non-hydrogen) atoms. The molecule has 0 saturated carbocycles. The lowest BCUT2D eigenvalue weighted by molar-refractivity contribution is 0.262. The Kier molecular flexibility index (Phi) is 3.59. The maximum Gasteiger partial charge on any atom is 0.0406 e. The number of nitrogens with zero attached hydrogens (tertiary/aromatic N) is 2. The van der Waals surface area contributed by atoms with Crippen molar-refractivity contribution in [2.24, 2.45) is 11.8 Å². The van der Waals surface area contributed by atoms with Gasteiger partial charge in [0, 0.05) is 31.0 Å². The zero-order chi connectivity index (χ0) is 11.5. The highest BCUT2D eigenvalue weighted by Crippen LogP contribution is 2.27. The third kappa shape index (κ3) is 2.62. The van der Waals surface area contributed by atoms with Crippen LogP contribution in [0.25, 0.3) is 0 Å². The smallest absolute Gasteiger partial charge is 0.0406 e. The highest BCUT2D eigenvalue weighted by Gasteiger charge is 2.30. The molecule has 2 rings (SSSR count). The van der Waals surface area contributed by atoms with Gasteiger partial charge in [0.15, 0.2) is 0 Å². The summed E-state index contributed by atoms with van der Waals surface area (Å²) in [6.07, 6.45) is 3.03. The number of pyridine rings is 1.